The molecule has 0 aliphatic carbocycles. The summed E-state index contributed by atoms with van der Waals surface area (Å²) in [6, 6.07) is 17.0. The van der Waals surface area contributed by atoms with E-state index in [1.165, 1.54) is 29.5 Å². The van der Waals surface area contributed by atoms with Crippen molar-refractivity contribution in [3.8, 4) is 0 Å². The molecule has 0 spiro atoms. The summed E-state index contributed by atoms with van der Waals surface area (Å²) in [5.41, 5.74) is 5.44. The average molecular weight is 612 g/mol. The molecule has 0 saturated heterocycles. The molecule has 2 N–H and O–H groups in total. The molecule has 3 aromatic carbocycles. The van der Waals surface area contributed by atoms with Gasteiger partial charge in [-0.2, -0.15) is 0 Å². The fraction of sp³-hybridized carbons (Fsp3) is 0.400. The summed E-state index contributed by atoms with van der Waals surface area (Å²) < 4.78 is 26.4. The van der Waals surface area contributed by atoms with Crippen molar-refractivity contribution in [3.05, 3.63) is 106 Å². The molecule has 0 aromatic heterocycles. The Hall–Kier alpha value is -3.95. The predicted molar refractivity (Wildman–Crippen MR) is 172 cm³/mol. The second kappa shape index (κ2) is 20.1. The zero-order valence-corrected chi connectivity index (χ0v) is 27.0. The third-order valence-corrected chi connectivity index (χ3v) is 6.50. The van der Waals surface area contributed by atoms with Gasteiger partial charge in [-0.1, -0.05) is 48.4 Å². The summed E-state index contributed by atoms with van der Waals surface area (Å²) in [7, 11) is 5.37. The number of carbonyl (C=O) groups excluding carboxylic acids is 3. The Balaban J connectivity index is 0.000000455. The van der Waals surface area contributed by atoms with Gasteiger partial charge >= 0.3 is 0 Å². The first-order valence-corrected chi connectivity index (χ1v) is 14.7. The average Bonchev–Trinajstić information content (AvgIpc) is 2.95. The molecule has 7 nitrogen and oxygen atoms in total. The number of likely N-dealkylation sites (N-methyl/N-ethyl adjacent to an activating group) is 1. The van der Waals surface area contributed by atoms with Crippen molar-refractivity contribution in [2.24, 2.45) is 0 Å². The molecule has 9 heteroatoms. The lowest BCUT2D eigenvalue weighted by Crippen LogP contribution is -2.35. The van der Waals surface area contributed by atoms with Gasteiger partial charge in [-0.3, -0.25) is 9.59 Å². The van der Waals surface area contributed by atoms with Gasteiger partial charge in [0.15, 0.2) is 0 Å². The van der Waals surface area contributed by atoms with Gasteiger partial charge < -0.3 is 25.0 Å². The summed E-state index contributed by atoms with van der Waals surface area (Å²) in [6.45, 7) is 8.18. The molecule has 0 bridgehead atoms. The Morgan fingerprint density at radius 3 is 2.02 bits per heavy atom. The largest absolute Gasteiger partial charge is 0.391 e. The summed E-state index contributed by atoms with van der Waals surface area (Å²) in [6.07, 6.45) is 1.54. The van der Waals surface area contributed by atoms with E-state index in [4.69, 9.17) is 0 Å². The maximum Gasteiger partial charge on any atom is 0.254 e. The highest BCUT2D eigenvalue weighted by Gasteiger charge is 2.16. The van der Waals surface area contributed by atoms with Crippen LogP contribution in [0.3, 0.4) is 0 Å². The maximum absolute atomic E-state index is 13.2. The minimum atomic E-state index is -0.764. The van der Waals surface area contributed by atoms with Gasteiger partial charge in [-0.05, 0) is 88.2 Å². The third kappa shape index (κ3) is 14.5. The zero-order chi connectivity index (χ0) is 33.2. The van der Waals surface area contributed by atoms with Crippen LogP contribution in [0.4, 0.5) is 8.78 Å². The number of aldehydes is 1. The van der Waals surface area contributed by atoms with Gasteiger partial charge in [0.2, 0.25) is 5.91 Å². The van der Waals surface area contributed by atoms with Crippen molar-refractivity contribution < 1.29 is 28.3 Å². The van der Waals surface area contributed by atoms with E-state index in [9.17, 15) is 28.3 Å². The van der Waals surface area contributed by atoms with Crippen LogP contribution in [0.1, 0.15) is 58.4 Å². The van der Waals surface area contributed by atoms with Gasteiger partial charge in [0.1, 0.15) is 17.9 Å². The second-order valence-corrected chi connectivity index (χ2v) is 10.8. The first-order chi connectivity index (χ1) is 20.8. The number of aryl methyl sites for hydroxylation is 4. The Bertz CT molecular complexity index is 1310. The van der Waals surface area contributed by atoms with Crippen LogP contribution in [0.25, 0.3) is 0 Å². The van der Waals surface area contributed by atoms with Crippen molar-refractivity contribution in [2.45, 2.75) is 59.6 Å². The number of benzene rings is 3. The van der Waals surface area contributed by atoms with Gasteiger partial charge in [0.25, 0.3) is 5.91 Å². The zero-order valence-electron chi connectivity index (χ0n) is 27.0. The number of nitrogens with one attached hydrogen (secondary N) is 1. The molecule has 2 amide bonds. The minimum Gasteiger partial charge on any atom is -0.391 e. The topological polar surface area (TPSA) is 89.9 Å². The van der Waals surface area contributed by atoms with Crippen LogP contribution in [0, 0.1) is 25.5 Å². The lowest BCUT2D eigenvalue weighted by molar-refractivity contribution is -0.131. The van der Waals surface area contributed by atoms with E-state index in [-0.39, 0.29) is 24.9 Å². The molecular weight excluding hydrogens is 564 g/mol. The van der Waals surface area contributed by atoms with Crippen molar-refractivity contribution >= 4 is 18.1 Å². The minimum absolute atomic E-state index is 0.117. The van der Waals surface area contributed by atoms with Gasteiger partial charge in [0, 0.05) is 38.7 Å². The SMILES string of the molecule is CCc1cccc(CN(CC(O)CCc2cc(F)cc(F)c2)C(C)=O)c1.CNC.Cc1cc(C)cc(C(=O)N(C)CC=O)c1. The monoisotopic (exact) mass is 611 g/mol. The van der Waals surface area contributed by atoms with Crippen LogP contribution in [0.15, 0.2) is 60.7 Å². The Kier molecular flexibility index (Phi) is 17.4. The Morgan fingerprint density at radius 1 is 0.932 bits per heavy atom. The van der Waals surface area contributed by atoms with E-state index in [2.05, 4.69) is 18.3 Å². The molecule has 0 radical (unpaired) electrons. The van der Waals surface area contributed by atoms with Crippen molar-refractivity contribution in [1.29, 1.82) is 0 Å². The van der Waals surface area contributed by atoms with E-state index < -0.39 is 17.7 Å². The number of hydrogen-bond donors (Lipinski definition) is 2. The third-order valence-electron chi connectivity index (χ3n) is 6.50. The standard InChI is InChI=1S/C21H25F2NO2.C12H15NO2.C2H7N/c1-3-16-5-4-6-18(9-16)13-24(15(2)25)14-21(26)8-7-17-10-19(22)12-20(23)11-17;1-9-6-10(2)8-11(7-9)12(15)13(3)4-5-14;1-3-2/h4-6,9-12,21,26H,3,7-8,13-14H2,1-2H3;5-8H,4H2,1-3H3;3H,1-2H3. The Morgan fingerprint density at radius 2 is 1.50 bits per heavy atom. The second-order valence-electron chi connectivity index (χ2n) is 10.8. The highest BCUT2D eigenvalue weighted by molar-refractivity contribution is 5.95. The fourth-order valence-corrected chi connectivity index (χ4v) is 4.42. The predicted octanol–water partition coefficient (Wildman–Crippen LogP) is 5.28. The van der Waals surface area contributed by atoms with E-state index >= 15 is 0 Å². The van der Waals surface area contributed by atoms with E-state index in [1.807, 2.05) is 64.3 Å². The number of aliphatic hydroxyl groups is 1. The van der Waals surface area contributed by atoms with Crippen molar-refractivity contribution in [3.63, 3.8) is 0 Å². The summed E-state index contributed by atoms with van der Waals surface area (Å²) in [4.78, 5) is 37.0. The highest BCUT2D eigenvalue weighted by atomic mass is 19.1. The van der Waals surface area contributed by atoms with E-state index in [0.29, 0.717) is 30.5 Å². The number of rotatable bonds is 11. The van der Waals surface area contributed by atoms with Crippen molar-refractivity contribution in [1.82, 2.24) is 15.1 Å². The van der Waals surface area contributed by atoms with Crippen LogP contribution >= 0.6 is 0 Å². The molecule has 0 fully saturated rings. The maximum atomic E-state index is 13.2. The molecule has 44 heavy (non-hydrogen) atoms. The fourth-order valence-electron chi connectivity index (χ4n) is 4.42. The van der Waals surface area contributed by atoms with Crippen LogP contribution in [0.5, 0.6) is 0 Å². The number of amides is 2. The number of nitrogens with zero attached hydrogens (tertiary/aromatic N) is 2. The summed E-state index contributed by atoms with van der Waals surface area (Å²) >= 11 is 0. The van der Waals surface area contributed by atoms with Gasteiger partial charge in [-0.25, -0.2) is 8.78 Å². The highest BCUT2D eigenvalue weighted by Crippen LogP contribution is 2.14. The van der Waals surface area contributed by atoms with Gasteiger partial charge in [0.05, 0.1) is 12.6 Å². The lowest BCUT2D eigenvalue weighted by Gasteiger charge is -2.24. The van der Waals surface area contributed by atoms with Crippen molar-refractivity contribution in [2.75, 3.05) is 34.2 Å². The number of halogens is 2. The normalized spacial score (nSPS) is 10.9. The summed E-state index contributed by atoms with van der Waals surface area (Å²) in [5, 5.41) is 13.0. The first-order valence-electron chi connectivity index (χ1n) is 14.7. The molecule has 1 atom stereocenters. The number of aliphatic hydroxyl groups excluding tert-OH is 1. The molecule has 0 aliphatic heterocycles. The van der Waals surface area contributed by atoms with E-state index in [0.717, 1.165) is 35.5 Å². The van der Waals surface area contributed by atoms with Crippen LogP contribution in [-0.2, 0) is 29.0 Å². The van der Waals surface area contributed by atoms with Crippen LogP contribution < -0.4 is 5.32 Å². The Labute approximate surface area is 260 Å². The quantitative estimate of drug-likeness (QED) is 0.288. The smallest absolute Gasteiger partial charge is 0.254 e. The molecule has 240 valence electrons. The molecule has 0 saturated carbocycles. The molecule has 3 aromatic rings. The molecule has 1 unspecified atom stereocenters. The first kappa shape index (κ1) is 38.1. The molecule has 0 aliphatic rings. The lowest BCUT2D eigenvalue weighted by atomic mass is 10.1. The summed E-state index contributed by atoms with van der Waals surface area (Å²) in [5.74, 6) is -1.50. The molecular formula is C35H47F2N3O4. The van der Waals surface area contributed by atoms with Crippen LogP contribution in [-0.4, -0.2) is 73.3 Å². The van der Waals surface area contributed by atoms with E-state index in [1.54, 1.807) is 11.9 Å². The molecule has 3 rings (SSSR count). The number of hydrogen-bond acceptors (Lipinski definition) is 5. The number of carbonyl (C=O) groups is 3. The van der Waals surface area contributed by atoms with Gasteiger partial charge in [-0.15, -0.1) is 0 Å². The van der Waals surface area contributed by atoms with Crippen LogP contribution in [0.2, 0.25) is 0 Å². The molecule has 0 heterocycles.